The zero-order valence-corrected chi connectivity index (χ0v) is 11.7. The summed E-state index contributed by atoms with van der Waals surface area (Å²) in [5.41, 5.74) is -1.57. The number of nitrogens with one attached hydrogen (secondary N) is 1. The van der Waals surface area contributed by atoms with Gasteiger partial charge in [0, 0.05) is 6.54 Å². The molecule has 1 unspecified atom stereocenters. The molecule has 0 bridgehead atoms. The number of hydrogen-bond acceptors (Lipinski definition) is 4. The van der Waals surface area contributed by atoms with Crippen LogP contribution in [0.4, 0.5) is 0 Å². The summed E-state index contributed by atoms with van der Waals surface area (Å²) in [6.07, 6.45) is 2.01. The zero-order chi connectivity index (χ0) is 14.0. The van der Waals surface area contributed by atoms with Crippen LogP contribution in [0.3, 0.4) is 0 Å². The Balaban J connectivity index is 2.44. The summed E-state index contributed by atoms with van der Waals surface area (Å²) >= 11 is 0. The summed E-state index contributed by atoms with van der Waals surface area (Å²) in [4.78, 5) is 13.6. The largest absolute Gasteiger partial charge is 0.389 e. The fraction of sp³-hybridized carbons (Fsp3) is 0.846. The Morgan fingerprint density at radius 1 is 1.50 bits per heavy atom. The van der Waals surface area contributed by atoms with E-state index >= 15 is 0 Å². The molecule has 1 atom stereocenters. The molecule has 2 N–H and O–H groups in total. The van der Waals surface area contributed by atoms with Gasteiger partial charge in [0.05, 0.1) is 18.2 Å². The highest BCUT2D eigenvalue weighted by Gasteiger charge is 2.43. The van der Waals surface area contributed by atoms with Crippen LogP contribution >= 0.6 is 0 Å². The van der Waals surface area contributed by atoms with Gasteiger partial charge >= 0.3 is 0 Å². The fourth-order valence-electron chi connectivity index (χ4n) is 2.17. The first-order valence-corrected chi connectivity index (χ1v) is 6.29. The minimum absolute atomic E-state index is 0.169. The maximum atomic E-state index is 11.9. The molecule has 18 heavy (non-hydrogen) atoms. The minimum atomic E-state index is -0.829. The van der Waals surface area contributed by atoms with Gasteiger partial charge in [0.1, 0.15) is 5.54 Å². The topological polar surface area (TPSA) is 76.4 Å². The first-order valence-electron chi connectivity index (χ1n) is 6.29. The minimum Gasteiger partial charge on any atom is -0.389 e. The molecule has 1 saturated carbocycles. The van der Waals surface area contributed by atoms with E-state index in [0.29, 0.717) is 6.54 Å². The van der Waals surface area contributed by atoms with Crippen molar-refractivity contribution < 1.29 is 9.90 Å². The van der Waals surface area contributed by atoms with E-state index in [9.17, 15) is 9.90 Å². The van der Waals surface area contributed by atoms with E-state index < -0.39 is 11.1 Å². The molecule has 1 aliphatic rings. The molecule has 0 aromatic rings. The van der Waals surface area contributed by atoms with Gasteiger partial charge in [-0.1, -0.05) is 0 Å². The Hall–Kier alpha value is -1.12. The number of nitrogens with zero attached hydrogens (tertiary/aromatic N) is 2. The van der Waals surface area contributed by atoms with Gasteiger partial charge in [0.25, 0.3) is 0 Å². The van der Waals surface area contributed by atoms with E-state index in [4.69, 9.17) is 5.26 Å². The summed E-state index contributed by atoms with van der Waals surface area (Å²) in [6, 6.07) is 2.19. The Morgan fingerprint density at radius 2 is 2.06 bits per heavy atom. The summed E-state index contributed by atoms with van der Waals surface area (Å²) in [5.74, 6) is 0.115. The molecule has 5 nitrogen and oxygen atoms in total. The third kappa shape index (κ3) is 4.63. The second-order valence-corrected chi connectivity index (χ2v) is 6.12. The third-order valence-corrected chi connectivity index (χ3v) is 3.10. The maximum absolute atomic E-state index is 11.9. The van der Waals surface area contributed by atoms with Crippen molar-refractivity contribution in [3.63, 3.8) is 0 Å². The molecule has 5 heteroatoms. The van der Waals surface area contributed by atoms with Gasteiger partial charge in [0.2, 0.25) is 5.91 Å². The van der Waals surface area contributed by atoms with Crippen molar-refractivity contribution >= 4 is 5.91 Å². The molecule has 1 rings (SSSR count). The normalized spacial score (nSPS) is 19.2. The van der Waals surface area contributed by atoms with Crippen molar-refractivity contribution in [2.75, 3.05) is 20.1 Å². The van der Waals surface area contributed by atoms with Gasteiger partial charge in [-0.15, -0.1) is 0 Å². The summed E-state index contributed by atoms with van der Waals surface area (Å²) in [5, 5.41) is 21.6. The van der Waals surface area contributed by atoms with E-state index in [1.54, 1.807) is 32.7 Å². The average molecular weight is 253 g/mol. The quantitative estimate of drug-likeness (QED) is 0.722. The Bertz CT molecular complexity index is 352. The van der Waals surface area contributed by atoms with Gasteiger partial charge in [-0.05, 0) is 46.6 Å². The molecule has 0 aliphatic heterocycles. The number of rotatable bonds is 6. The highest BCUT2D eigenvalue weighted by Crippen LogP contribution is 2.39. The number of amides is 1. The Kier molecular flexibility index (Phi) is 4.36. The number of carbonyl (C=O) groups is 1. The van der Waals surface area contributed by atoms with Crippen LogP contribution in [0.1, 0.15) is 33.6 Å². The summed E-state index contributed by atoms with van der Waals surface area (Å²) < 4.78 is 0. The second-order valence-electron chi connectivity index (χ2n) is 6.12. The molecular weight excluding hydrogens is 230 g/mol. The first-order chi connectivity index (χ1) is 8.16. The molecule has 0 spiro atoms. The lowest BCUT2D eigenvalue weighted by molar-refractivity contribution is -0.123. The van der Waals surface area contributed by atoms with E-state index in [0.717, 1.165) is 12.8 Å². The van der Waals surface area contributed by atoms with E-state index in [1.807, 2.05) is 0 Å². The number of nitriles is 1. The molecule has 1 amide bonds. The zero-order valence-electron chi connectivity index (χ0n) is 11.7. The number of likely N-dealkylation sites (N-methyl/N-ethyl adjacent to an activating group) is 1. The highest BCUT2D eigenvalue weighted by molar-refractivity contribution is 5.79. The monoisotopic (exact) mass is 253 g/mol. The van der Waals surface area contributed by atoms with E-state index in [1.165, 1.54) is 0 Å². The van der Waals surface area contributed by atoms with Crippen LogP contribution < -0.4 is 5.32 Å². The van der Waals surface area contributed by atoms with Gasteiger partial charge in [0.15, 0.2) is 0 Å². The lowest BCUT2D eigenvalue weighted by atomic mass is 9.98. The fourth-order valence-corrected chi connectivity index (χ4v) is 2.17. The molecular formula is C13H23N3O2. The van der Waals surface area contributed by atoms with Crippen LogP contribution in [0.2, 0.25) is 0 Å². The van der Waals surface area contributed by atoms with Crippen LogP contribution in [0.25, 0.3) is 0 Å². The van der Waals surface area contributed by atoms with Crippen LogP contribution in [0, 0.1) is 17.2 Å². The van der Waals surface area contributed by atoms with Gasteiger partial charge in [-0.25, -0.2) is 0 Å². The molecule has 0 heterocycles. The summed E-state index contributed by atoms with van der Waals surface area (Å²) in [7, 11) is 1.78. The number of aliphatic hydroxyl groups is 1. The van der Waals surface area contributed by atoms with Gasteiger partial charge in [-0.3, -0.25) is 9.69 Å². The van der Waals surface area contributed by atoms with Crippen LogP contribution in [-0.2, 0) is 4.79 Å². The number of carbonyl (C=O) groups excluding carboxylic acids is 1. The van der Waals surface area contributed by atoms with Crippen LogP contribution in [0.5, 0.6) is 0 Å². The van der Waals surface area contributed by atoms with Crippen molar-refractivity contribution in [2.45, 2.75) is 44.8 Å². The predicted octanol–water partition coefficient (Wildman–Crippen LogP) is 0.498. The maximum Gasteiger partial charge on any atom is 0.235 e. The van der Waals surface area contributed by atoms with Gasteiger partial charge < -0.3 is 10.4 Å². The lowest BCUT2D eigenvalue weighted by Gasteiger charge is -2.27. The molecule has 102 valence electrons. The SMILES string of the molecule is CN(CC(=O)NC(C)(C#N)C1CC1)CC(C)(C)O. The van der Waals surface area contributed by atoms with E-state index in [-0.39, 0.29) is 18.4 Å². The molecule has 1 aliphatic carbocycles. The molecule has 1 fully saturated rings. The van der Waals surface area contributed by atoms with Crippen molar-refractivity contribution in [3.8, 4) is 6.07 Å². The van der Waals surface area contributed by atoms with Crippen molar-refractivity contribution in [2.24, 2.45) is 5.92 Å². The van der Waals surface area contributed by atoms with Gasteiger partial charge in [-0.2, -0.15) is 5.26 Å². The predicted molar refractivity (Wildman–Crippen MR) is 68.7 cm³/mol. The highest BCUT2D eigenvalue weighted by atomic mass is 16.3. The van der Waals surface area contributed by atoms with Crippen LogP contribution in [-0.4, -0.2) is 47.2 Å². The van der Waals surface area contributed by atoms with Crippen molar-refractivity contribution in [3.05, 3.63) is 0 Å². The number of hydrogen-bond donors (Lipinski definition) is 2. The Labute approximate surface area is 109 Å². The first kappa shape index (κ1) is 14.9. The Morgan fingerprint density at radius 3 is 2.44 bits per heavy atom. The summed E-state index contributed by atoms with van der Waals surface area (Å²) in [6.45, 7) is 5.77. The standard InChI is InChI=1S/C13H23N3O2/c1-12(2,18)9-16(4)7-11(17)15-13(3,8-14)10-5-6-10/h10,18H,5-7,9H2,1-4H3,(H,15,17). The average Bonchev–Trinajstić information content (AvgIpc) is 2.96. The van der Waals surface area contributed by atoms with Crippen LogP contribution in [0.15, 0.2) is 0 Å². The van der Waals surface area contributed by atoms with Crippen molar-refractivity contribution in [1.82, 2.24) is 10.2 Å². The lowest BCUT2D eigenvalue weighted by Crippen LogP contribution is -2.50. The van der Waals surface area contributed by atoms with Crippen molar-refractivity contribution in [1.29, 1.82) is 5.26 Å². The molecule has 0 aromatic carbocycles. The molecule has 0 radical (unpaired) electrons. The molecule has 0 aromatic heterocycles. The molecule has 0 saturated heterocycles. The second kappa shape index (κ2) is 5.25. The smallest absolute Gasteiger partial charge is 0.235 e. The third-order valence-electron chi connectivity index (χ3n) is 3.10. The van der Waals surface area contributed by atoms with E-state index in [2.05, 4.69) is 11.4 Å².